The van der Waals surface area contributed by atoms with E-state index in [0.717, 1.165) is 0 Å². The van der Waals surface area contributed by atoms with E-state index < -0.39 is 23.4 Å². The molecule has 0 aromatic carbocycles. The summed E-state index contributed by atoms with van der Waals surface area (Å²) in [6.45, 7) is 3.47. The summed E-state index contributed by atoms with van der Waals surface area (Å²) in [6, 6.07) is 3.37. The lowest BCUT2D eigenvalue weighted by Gasteiger charge is -2.39. The maximum absolute atomic E-state index is 12.4. The van der Waals surface area contributed by atoms with Gasteiger partial charge < -0.3 is 19.4 Å². The monoisotopic (exact) mass is 306 g/mol. The summed E-state index contributed by atoms with van der Waals surface area (Å²) >= 11 is 0. The number of hydrogen-bond donors (Lipinski definition) is 3. The maximum atomic E-state index is 12.4. The van der Waals surface area contributed by atoms with E-state index in [1.54, 1.807) is 26.0 Å². The van der Waals surface area contributed by atoms with Crippen LogP contribution in [0.4, 0.5) is 0 Å². The van der Waals surface area contributed by atoms with E-state index >= 15 is 0 Å². The summed E-state index contributed by atoms with van der Waals surface area (Å²) in [5.74, 6) is -1.70. The molecule has 2 aromatic rings. The van der Waals surface area contributed by atoms with Gasteiger partial charge in [-0.3, -0.25) is 14.7 Å². The predicted octanol–water partition coefficient (Wildman–Crippen LogP) is 0.914. The number of rotatable bonds is 3. The lowest BCUT2D eigenvalue weighted by Crippen LogP contribution is -2.50. The number of nitrogens with one attached hydrogen (secondary N) is 2. The summed E-state index contributed by atoms with van der Waals surface area (Å²) in [5.41, 5.74) is -0.681. The lowest BCUT2D eigenvalue weighted by atomic mass is 9.68. The quantitative estimate of drug-likeness (QED) is 0.731. The Morgan fingerprint density at radius 2 is 2.32 bits per heavy atom. The molecule has 3 unspecified atom stereocenters. The third-order valence-electron chi connectivity index (χ3n) is 4.14. The number of ether oxygens (including phenoxy) is 1. The van der Waals surface area contributed by atoms with Crippen LogP contribution >= 0.6 is 0 Å². The molecule has 22 heavy (non-hydrogen) atoms. The Morgan fingerprint density at radius 3 is 2.95 bits per heavy atom. The van der Waals surface area contributed by atoms with Gasteiger partial charge in [0.05, 0.1) is 35.9 Å². The van der Waals surface area contributed by atoms with Crippen molar-refractivity contribution in [3.05, 3.63) is 45.8 Å². The van der Waals surface area contributed by atoms with Gasteiger partial charge in [-0.25, -0.2) is 0 Å². The van der Waals surface area contributed by atoms with Gasteiger partial charge >= 0.3 is 5.97 Å². The van der Waals surface area contributed by atoms with Crippen molar-refractivity contribution in [3.8, 4) is 0 Å². The molecule has 0 spiro atoms. The minimum Gasteiger partial charge on any atom is -0.469 e. The number of aromatic nitrogens is 2. The normalized spacial score (nSPS) is 27.4. The Labute approximate surface area is 126 Å². The van der Waals surface area contributed by atoms with Gasteiger partial charge in [0, 0.05) is 12.1 Å². The first kappa shape index (κ1) is 14.6. The van der Waals surface area contributed by atoms with Crippen LogP contribution < -0.4 is 5.56 Å². The summed E-state index contributed by atoms with van der Waals surface area (Å²) in [7, 11) is 0. The molecule has 0 saturated carbocycles. The molecule has 118 valence electrons. The van der Waals surface area contributed by atoms with Crippen molar-refractivity contribution in [1.29, 1.82) is 0 Å². The van der Waals surface area contributed by atoms with Crippen molar-refractivity contribution in [2.75, 3.05) is 6.61 Å². The van der Waals surface area contributed by atoms with Crippen molar-refractivity contribution in [2.24, 2.45) is 5.92 Å². The molecule has 0 aliphatic heterocycles. The highest BCUT2D eigenvalue weighted by Crippen LogP contribution is 2.44. The third-order valence-corrected chi connectivity index (χ3v) is 4.14. The third kappa shape index (κ3) is 2.18. The molecule has 7 nitrogen and oxygen atoms in total. The van der Waals surface area contributed by atoms with Crippen molar-refractivity contribution in [2.45, 2.75) is 31.8 Å². The van der Waals surface area contributed by atoms with Crippen LogP contribution in [0.5, 0.6) is 0 Å². The average molecular weight is 306 g/mol. The van der Waals surface area contributed by atoms with Crippen LogP contribution in [0.1, 0.15) is 36.8 Å². The van der Waals surface area contributed by atoms with Crippen LogP contribution in [-0.4, -0.2) is 33.5 Å². The molecule has 0 bridgehead atoms. The molecule has 0 fully saturated rings. The van der Waals surface area contributed by atoms with E-state index in [4.69, 9.17) is 9.15 Å². The highest BCUT2D eigenvalue weighted by atomic mass is 16.5. The number of H-pyrrole nitrogens is 2. The number of esters is 1. The molecular weight excluding hydrogens is 288 g/mol. The zero-order valence-corrected chi connectivity index (χ0v) is 12.4. The molecule has 0 amide bonds. The Morgan fingerprint density at radius 1 is 1.55 bits per heavy atom. The van der Waals surface area contributed by atoms with E-state index in [9.17, 15) is 14.7 Å². The van der Waals surface area contributed by atoms with Gasteiger partial charge in [0.25, 0.3) is 5.56 Å². The molecular formula is C15H18N2O5. The topological polar surface area (TPSA) is 108 Å². The number of carbonyl (C=O) groups is 1. The number of aromatic amines is 2. The van der Waals surface area contributed by atoms with Gasteiger partial charge in [-0.1, -0.05) is 0 Å². The number of aliphatic hydroxyl groups is 1. The molecule has 2 aromatic heterocycles. The second-order valence-corrected chi connectivity index (χ2v) is 5.73. The van der Waals surface area contributed by atoms with E-state index in [1.165, 1.54) is 6.26 Å². The molecule has 3 atom stereocenters. The predicted molar refractivity (Wildman–Crippen MR) is 76.4 cm³/mol. The first-order valence-corrected chi connectivity index (χ1v) is 7.17. The highest BCUT2D eigenvalue weighted by molar-refractivity contribution is 5.76. The van der Waals surface area contributed by atoms with Crippen LogP contribution in [0, 0.1) is 5.92 Å². The van der Waals surface area contributed by atoms with E-state index in [2.05, 4.69) is 10.2 Å². The fourth-order valence-electron chi connectivity index (χ4n) is 3.26. The van der Waals surface area contributed by atoms with Crippen molar-refractivity contribution >= 4 is 5.97 Å². The molecule has 1 aliphatic carbocycles. The molecule has 3 rings (SSSR count). The first-order chi connectivity index (χ1) is 10.5. The smallest absolute Gasteiger partial charge is 0.312 e. The Kier molecular flexibility index (Phi) is 3.44. The maximum Gasteiger partial charge on any atom is 0.312 e. The van der Waals surface area contributed by atoms with E-state index in [0.29, 0.717) is 17.0 Å². The number of fused-ring (bicyclic) bond motifs is 1. The SMILES string of the molecule is CCOC(=O)C1C(c2ccco2)c2c([nH][nH]c2=O)CC1(C)O. The minimum absolute atomic E-state index is 0.155. The highest BCUT2D eigenvalue weighted by Gasteiger charge is 2.52. The van der Waals surface area contributed by atoms with Gasteiger partial charge in [-0.05, 0) is 26.0 Å². The molecule has 2 heterocycles. The molecule has 7 heteroatoms. The van der Waals surface area contributed by atoms with Crippen LogP contribution in [0.3, 0.4) is 0 Å². The average Bonchev–Trinajstić information content (AvgIpc) is 3.07. The second kappa shape index (κ2) is 5.17. The van der Waals surface area contributed by atoms with Gasteiger partial charge in [0.2, 0.25) is 0 Å². The number of hydrogen-bond acceptors (Lipinski definition) is 5. The fourth-order valence-corrected chi connectivity index (χ4v) is 3.26. The molecule has 3 N–H and O–H groups in total. The van der Waals surface area contributed by atoms with Crippen molar-refractivity contribution in [1.82, 2.24) is 10.2 Å². The molecule has 1 aliphatic rings. The summed E-state index contributed by atoms with van der Waals surface area (Å²) in [4.78, 5) is 24.6. The van der Waals surface area contributed by atoms with Gasteiger partial charge in [0.1, 0.15) is 5.76 Å². The minimum atomic E-state index is -1.36. The van der Waals surface area contributed by atoms with Crippen molar-refractivity contribution < 1.29 is 19.1 Å². The van der Waals surface area contributed by atoms with Gasteiger partial charge in [0.15, 0.2) is 0 Å². The van der Waals surface area contributed by atoms with E-state index in [-0.39, 0.29) is 18.6 Å². The Balaban J connectivity index is 2.19. The number of furan rings is 1. The second-order valence-electron chi connectivity index (χ2n) is 5.73. The Hall–Kier alpha value is -2.28. The standard InChI is InChI=1S/C15H18N2O5/c1-3-21-14(19)12-11(9-5-4-6-22-9)10-8(7-15(12,2)20)16-17-13(10)18/h4-6,11-12,20H,3,7H2,1-2H3,(H2,16,17,18). The summed E-state index contributed by atoms with van der Waals surface area (Å²) < 4.78 is 10.5. The summed E-state index contributed by atoms with van der Waals surface area (Å²) in [6.07, 6.45) is 1.63. The molecule has 0 radical (unpaired) electrons. The zero-order chi connectivity index (χ0) is 15.9. The largest absolute Gasteiger partial charge is 0.469 e. The van der Waals surface area contributed by atoms with Gasteiger partial charge in [-0.2, -0.15) is 0 Å². The van der Waals surface area contributed by atoms with Crippen molar-refractivity contribution in [3.63, 3.8) is 0 Å². The zero-order valence-electron chi connectivity index (χ0n) is 12.4. The van der Waals surface area contributed by atoms with Crippen LogP contribution in [-0.2, 0) is 16.0 Å². The van der Waals surface area contributed by atoms with Crippen LogP contribution in [0.25, 0.3) is 0 Å². The van der Waals surface area contributed by atoms with Crippen LogP contribution in [0.15, 0.2) is 27.6 Å². The molecule has 0 saturated heterocycles. The first-order valence-electron chi connectivity index (χ1n) is 7.17. The Bertz CT molecular complexity index is 725. The fraction of sp³-hybridized carbons (Fsp3) is 0.467. The van der Waals surface area contributed by atoms with Crippen LogP contribution in [0.2, 0.25) is 0 Å². The summed E-state index contributed by atoms with van der Waals surface area (Å²) in [5, 5.41) is 16.1. The van der Waals surface area contributed by atoms with E-state index in [1.807, 2.05) is 0 Å². The van der Waals surface area contributed by atoms with Gasteiger partial charge in [-0.15, -0.1) is 0 Å². The lowest BCUT2D eigenvalue weighted by molar-refractivity contribution is -0.159. The number of carbonyl (C=O) groups excluding carboxylic acids is 1.